The molecule has 7 N–H and O–H groups in total. The van der Waals surface area contributed by atoms with E-state index in [9.17, 15) is 39.6 Å². The number of unbranched alkanes of at least 4 members (excludes halogenated alkanes) is 19. The summed E-state index contributed by atoms with van der Waals surface area (Å²) in [5.41, 5.74) is 5.42. The van der Waals surface area contributed by atoms with Gasteiger partial charge < -0.3 is 16.4 Å². The van der Waals surface area contributed by atoms with Gasteiger partial charge in [-0.2, -0.15) is 0 Å². The Balaban J connectivity index is 3.69. The Kier molecular flexibility index (Phi) is 35.2. The minimum absolute atomic E-state index is 0.0184. The van der Waals surface area contributed by atoms with Crippen molar-refractivity contribution in [1.29, 1.82) is 0 Å². The van der Waals surface area contributed by atoms with Gasteiger partial charge in [-0.15, -0.1) is 0 Å². The van der Waals surface area contributed by atoms with Gasteiger partial charge in [-0.05, 0) is 64.3 Å². The van der Waals surface area contributed by atoms with E-state index in [0.717, 1.165) is 43.6 Å². The maximum Gasteiger partial charge on any atom is 0.246 e. The maximum atomic E-state index is 12.2. The van der Waals surface area contributed by atoms with Crippen LogP contribution in [0, 0.1) is 0 Å². The fourth-order valence-corrected chi connectivity index (χ4v) is 6.01. The molecule has 316 valence electrons. The molecule has 5 amide bonds. The highest BCUT2D eigenvalue weighted by Crippen LogP contribution is 2.14. The number of nitrogens with zero attached hydrogens (tertiary/aromatic N) is 3. The molecule has 0 unspecified atom stereocenters. The Morgan fingerprint density at radius 1 is 0.407 bits per heavy atom. The van der Waals surface area contributed by atoms with Crippen LogP contribution in [0.4, 0.5) is 0 Å². The minimum Gasteiger partial charge on any atom is -0.356 e. The molecule has 0 atom stereocenters. The highest BCUT2D eigenvalue weighted by Gasteiger charge is 2.15. The molecule has 0 aromatic carbocycles. The van der Waals surface area contributed by atoms with Crippen molar-refractivity contribution in [1.82, 2.24) is 25.8 Å². The van der Waals surface area contributed by atoms with Gasteiger partial charge in [-0.25, -0.2) is 15.2 Å². The first-order chi connectivity index (χ1) is 26.1. The number of amides is 5. The molecule has 0 spiro atoms. The van der Waals surface area contributed by atoms with Gasteiger partial charge in [-0.1, -0.05) is 96.8 Å². The van der Waals surface area contributed by atoms with Gasteiger partial charge in [0, 0.05) is 64.8 Å². The lowest BCUT2D eigenvalue weighted by atomic mass is 10.0. The normalized spacial score (nSPS) is 11.0. The molecule has 0 saturated heterocycles. The van der Waals surface area contributed by atoms with Crippen molar-refractivity contribution < 1.29 is 39.6 Å². The van der Waals surface area contributed by atoms with E-state index in [1.54, 1.807) is 0 Å². The molecule has 0 fully saturated rings. The monoisotopic (exact) mass is 771 g/mol. The second kappa shape index (κ2) is 37.1. The Morgan fingerprint density at radius 2 is 0.722 bits per heavy atom. The standard InChI is InChI=1S/C40H78N6O8/c1-2-3-4-5-6-7-8-9-10-11-12-13-14-18-25-38(49)44(52)34-23-16-20-31-42-37(48)27-29-40(51)46(54)35-24-17-21-32-43-36(47)26-28-39(50)45(53)33-22-15-19-30-41/h52-54H,2-35,41H2,1H3,(H,42,48)(H,43,47). The Hall–Kier alpha value is -2.81. The van der Waals surface area contributed by atoms with E-state index in [1.807, 2.05) is 0 Å². The van der Waals surface area contributed by atoms with Crippen LogP contribution < -0.4 is 16.4 Å². The molecule has 0 bridgehead atoms. The summed E-state index contributed by atoms with van der Waals surface area (Å²) >= 11 is 0. The fourth-order valence-electron chi connectivity index (χ4n) is 6.01. The van der Waals surface area contributed by atoms with Crippen molar-refractivity contribution in [3.63, 3.8) is 0 Å². The SMILES string of the molecule is CCCCCCCCCCCCCCCCC(=O)N(O)CCCCCNC(=O)CCC(=O)N(O)CCCCCNC(=O)CCC(=O)N(O)CCCCCN. The smallest absolute Gasteiger partial charge is 0.246 e. The van der Waals surface area contributed by atoms with E-state index >= 15 is 0 Å². The van der Waals surface area contributed by atoms with Crippen molar-refractivity contribution in [2.24, 2.45) is 5.73 Å². The Labute approximate surface area is 326 Å². The zero-order valence-electron chi connectivity index (χ0n) is 33.8. The molecule has 0 saturated carbocycles. The number of nitrogens with one attached hydrogen (secondary N) is 2. The Morgan fingerprint density at radius 3 is 1.09 bits per heavy atom. The lowest BCUT2D eigenvalue weighted by Crippen LogP contribution is -2.31. The van der Waals surface area contributed by atoms with Crippen molar-refractivity contribution in [3.05, 3.63) is 0 Å². The summed E-state index contributed by atoms with van der Waals surface area (Å²) in [6, 6.07) is 0. The lowest BCUT2D eigenvalue weighted by Gasteiger charge is -2.15. The minimum atomic E-state index is -0.540. The second-order valence-electron chi connectivity index (χ2n) is 14.6. The van der Waals surface area contributed by atoms with Crippen molar-refractivity contribution >= 4 is 29.5 Å². The highest BCUT2D eigenvalue weighted by atomic mass is 16.5. The van der Waals surface area contributed by atoms with E-state index in [2.05, 4.69) is 17.6 Å². The predicted octanol–water partition coefficient (Wildman–Crippen LogP) is 6.77. The van der Waals surface area contributed by atoms with Gasteiger partial charge in [-0.3, -0.25) is 39.6 Å². The fraction of sp³-hybridized carbons (Fsp3) is 0.875. The summed E-state index contributed by atoms with van der Waals surface area (Å²) in [5.74, 6) is -1.84. The molecule has 0 aliphatic heterocycles. The van der Waals surface area contributed by atoms with Crippen LogP contribution in [0.3, 0.4) is 0 Å². The van der Waals surface area contributed by atoms with E-state index in [-0.39, 0.29) is 63.0 Å². The largest absolute Gasteiger partial charge is 0.356 e. The summed E-state index contributed by atoms with van der Waals surface area (Å²) < 4.78 is 0. The summed E-state index contributed by atoms with van der Waals surface area (Å²) in [6.07, 6.45) is 23.8. The molecular formula is C40H78N6O8. The second-order valence-corrected chi connectivity index (χ2v) is 14.6. The molecule has 0 rings (SSSR count). The summed E-state index contributed by atoms with van der Waals surface area (Å²) in [4.78, 5) is 60.3. The first-order valence-electron chi connectivity index (χ1n) is 21.3. The van der Waals surface area contributed by atoms with Crippen LogP contribution in [0.25, 0.3) is 0 Å². The first kappa shape index (κ1) is 51.2. The average molecular weight is 771 g/mol. The zero-order chi connectivity index (χ0) is 40.1. The summed E-state index contributed by atoms with van der Waals surface area (Å²) in [7, 11) is 0. The van der Waals surface area contributed by atoms with Crippen LogP contribution in [0.5, 0.6) is 0 Å². The first-order valence-corrected chi connectivity index (χ1v) is 21.3. The van der Waals surface area contributed by atoms with Crippen LogP contribution in [-0.4, -0.2) is 99.6 Å². The highest BCUT2D eigenvalue weighted by molar-refractivity contribution is 5.83. The zero-order valence-corrected chi connectivity index (χ0v) is 33.8. The number of rotatable bonds is 38. The number of carbonyl (C=O) groups excluding carboxylic acids is 5. The van der Waals surface area contributed by atoms with Gasteiger partial charge in [0.25, 0.3) is 0 Å². The van der Waals surface area contributed by atoms with Gasteiger partial charge in [0.05, 0.1) is 0 Å². The third-order valence-corrected chi connectivity index (χ3v) is 9.55. The summed E-state index contributed by atoms with van der Waals surface area (Å²) in [5, 5.41) is 37.3. The molecule has 0 heterocycles. The van der Waals surface area contributed by atoms with E-state index in [4.69, 9.17) is 5.73 Å². The van der Waals surface area contributed by atoms with Gasteiger partial charge in [0.2, 0.25) is 29.5 Å². The predicted molar refractivity (Wildman–Crippen MR) is 211 cm³/mol. The lowest BCUT2D eigenvalue weighted by molar-refractivity contribution is -0.166. The number of hydrogen-bond acceptors (Lipinski definition) is 9. The molecular weight excluding hydrogens is 692 g/mol. The molecule has 0 aliphatic rings. The molecule has 14 heteroatoms. The number of hydroxylamine groups is 6. The Bertz CT molecular complexity index is 973. The molecule has 0 aromatic heterocycles. The van der Waals surface area contributed by atoms with Crippen molar-refractivity contribution in [2.45, 2.75) is 187 Å². The van der Waals surface area contributed by atoms with E-state index < -0.39 is 11.8 Å². The van der Waals surface area contributed by atoms with Crippen LogP contribution >= 0.6 is 0 Å². The van der Waals surface area contributed by atoms with Crippen LogP contribution in [0.15, 0.2) is 0 Å². The third kappa shape index (κ3) is 32.6. The summed E-state index contributed by atoms with van der Waals surface area (Å²) in [6.45, 7) is 4.24. The van der Waals surface area contributed by atoms with E-state index in [0.29, 0.717) is 74.7 Å². The maximum absolute atomic E-state index is 12.2. The topological polar surface area (TPSA) is 206 Å². The number of nitrogens with two attached hydrogens (primary N) is 1. The van der Waals surface area contributed by atoms with Crippen molar-refractivity contribution in [2.75, 3.05) is 39.3 Å². The molecule has 14 nitrogen and oxygen atoms in total. The van der Waals surface area contributed by atoms with Gasteiger partial charge >= 0.3 is 0 Å². The van der Waals surface area contributed by atoms with Gasteiger partial charge in [0.1, 0.15) is 0 Å². The van der Waals surface area contributed by atoms with Crippen LogP contribution in [-0.2, 0) is 24.0 Å². The molecule has 0 aliphatic carbocycles. The van der Waals surface area contributed by atoms with E-state index in [1.165, 1.54) is 70.6 Å². The van der Waals surface area contributed by atoms with Crippen molar-refractivity contribution in [3.8, 4) is 0 Å². The molecule has 0 aromatic rings. The third-order valence-electron chi connectivity index (χ3n) is 9.55. The van der Waals surface area contributed by atoms with Crippen LogP contribution in [0.1, 0.15) is 187 Å². The number of carbonyl (C=O) groups is 5. The van der Waals surface area contributed by atoms with Gasteiger partial charge in [0.15, 0.2) is 0 Å². The molecule has 54 heavy (non-hydrogen) atoms. The average Bonchev–Trinajstić information content (AvgIpc) is 3.16. The molecule has 0 radical (unpaired) electrons. The van der Waals surface area contributed by atoms with Crippen LogP contribution in [0.2, 0.25) is 0 Å². The quantitative estimate of drug-likeness (QED) is 0.0222. The number of hydrogen-bond donors (Lipinski definition) is 6.